The zero-order valence-electron chi connectivity index (χ0n) is 16.2. The second-order valence-electron chi connectivity index (χ2n) is 7.22. The highest BCUT2D eigenvalue weighted by atomic mass is 16.5. The van der Waals surface area contributed by atoms with E-state index in [1.165, 1.54) is 0 Å². The number of nitrogens with one attached hydrogen (secondary N) is 3. The Bertz CT molecular complexity index is 979. The molecule has 1 atom stereocenters. The van der Waals surface area contributed by atoms with Crippen molar-refractivity contribution in [3.8, 4) is 5.75 Å². The minimum Gasteiger partial charge on any atom is -0.497 e. The lowest BCUT2D eigenvalue weighted by Gasteiger charge is -2.29. The van der Waals surface area contributed by atoms with E-state index in [1.54, 1.807) is 31.4 Å². The molecule has 2 aliphatic heterocycles. The second kappa shape index (κ2) is 7.94. The van der Waals surface area contributed by atoms with Crippen LogP contribution in [0.2, 0.25) is 0 Å². The van der Waals surface area contributed by atoms with Crippen molar-refractivity contribution in [1.29, 1.82) is 0 Å². The number of piperidine rings is 1. The van der Waals surface area contributed by atoms with Crippen LogP contribution in [0.15, 0.2) is 29.1 Å². The van der Waals surface area contributed by atoms with Crippen LogP contribution in [0, 0.1) is 0 Å². The van der Waals surface area contributed by atoms with Crippen molar-refractivity contribution >= 4 is 29.3 Å². The zero-order valence-corrected chi connectivity index (χ0v) is 16.2. The van der Waals surface area contributed by atoms with E-state index in [2.05, 4.69) is 20.6 Å². The van der Waals surface area contributed by atoms with Crippen molar-refractivity contribution < 1.29 is 14.3 Å². The van der Waals surface area contributed by atoms with Gasteiger partial charge in [0.25, 0.3) is 5.56 Å². The highest BCUT2D eigenvalue weighted by Crippen LogP contribution is 2.30. The zero-order chi connectivity index (χ0) is 20.4. The number of fused-ring (bicyclic) bond motifs is 1. The summed E-state index contributed by atoms with van der Waals surface area (Å²) in [6.45, 7) is 1.61. The van der Waals surface area contributed by atoms with Gasteiger partial charge in [0.05, 0.1) is 18.6 Å². The first-order chi connectivity index (χ1) is 14.0. The van der Waals surface area contributed by atoms with Gasteiger partial charge in [-0.25, -0.2) is 0 Å². The molecule has 0 saturated carbocycles. The van der Waals surface area contributed by atoms with Crippen molar-refractivity contribution in [2.75, 3.05) is 35.7 Å². The van der Waals surface area contributed by atoms with E-state index in [0.29, 0.717) is 17.4 Å². The van der Waals surface area contributed by atoms with Crippen LogP contribution in [-0.4, -0.2) is 42.0 Å². The van der Waals surface area contributed by atoms with E-state index in [9.17, 15) is 14.4 Å². The van der Waals surface area contributed by atoms with Gasteiger partial charge in [-0.1, -0.05) is 0 Å². The van der Waals surface area contributed by atoms with E-state index < -0.39 is 17.4 Å². The first kappa shape index (κ1) is 19.0. The maximum absolute atomic E-state index is 12.9. The van der Waals surface area contributed by atoms with Crippen LogP contribution in [-0.2, 0) is 9.59 Å². The third-order valence-corrected chi connectivity index (χ3v) is 5.27. The minimum absolute atomic E-state index is 0.108. The molecule has 9 heteroatoms. The standard InChI is InChI=1S/C20H23N5O4/c1-29-13-7-5-12(6-8-13)21-18(27)14-11-15(26)22-17-16(14)19(28)24-20(23-17)25-9-3-2-4-10-25/h5-8,14H,2-4,9-11H2,1H3,(H,21,27)(H2,22,23,24,26,28)/t14-/m0/s1. The first-order valence-corrected chi connectivity index (χ1v) is 9.69. The molecule has 0 radical (unpaired) electrons. The van der Waals surface area contributed by atoms with Gasteiger partial charge in [-0.15, -0.1) is 0 Å². The summed E-state index contributed by atoms with van der Waals surface area (Å²) in [5.74, 6) is -0.409. The van der Waals surface area contributed by atoms with E-state index in [-0.39, 0.29) is 23.7 Å². The number of hydrogen-bond acceptors (Lipinski definition) is 6. The fraction of sp³-hybridized carbons (Fsp3) is 0.400. The van der Waals surface area contributed by atoms with E-state index in [4.69, 9.17) is 4.74 Å². The van der Waals surface area contributed by atoms with Crippen molar-refractivity contribution in [2.24, 2.45) is 0 Å². The van der Waals surface area contributed by atoms with Crippen LogP contribution in [0.4, 0.5) is 17.5 Å². The predicted molar refractivity (Wildman–Crippen MR) is 109 cm³/mol. The Hall–Kier alpha value is -3.36. The number of rotatable bonds is 4. The molecule has 1 fully saturated rings. The maximum Gasteiger partial charge on any atom is 0.258 e. The normalized spacial score (nSPS) is 18.6. The van der Waals surface area contributed by atoms with Crippen molar-refractivity contribution in [1.82, 2.24) is 9.97 Å². The van der Waals surface area contributed by atoms with Crippen molar-refractivity contribution in [3.05, 3.63) is 40.2 Å². The van der Waals surface area contributed by atoms with Crippen molar-refractivity contribution in [3.63, 3.8) is 0 Å². The van der Waals surface area contributed by atoms with Gasteiger partial charge in [0, 0.05) is 25.2 Å². The number of aromatic nitrogens is 2. The summed E-state index contributed by atoms with van der Waals surface area (Å²) < 4.78 is 5.10. The monoisotopic (exact) mass is 397 g/mol. The smallest absolute Gasteiger partial charge is 0.258 e. The molecule has 2 aliphatic rings. The summed E-state index contributed by atoms with van der Waals surface area (Å²) >= 11 is 0. The Morgan fingerprint density at radius 2 is 1.90 bits per heavy atom. The molecule has 1 aromatic carbocycles. The van der Waals surface area contributed by atoms with Crippen molar-refractivity contribution in [2.45, 2.75) is 31.6 Å². The molecule has 2 amide bonds. The number of amides is 2. The summed E-state index contributed by atoms with van der Waals surface area (Å²) in [6, 6.07) is 6.83. The number of anilines is 3. The summed E-state index contributed by atoms with van der Waals surface area (Å²) in [5.41, 5.74) is 0.347. The van der Waals surface area contributed by atoms with E-state index >= 15 is 0 Å². The molecule has 4 rings (SSSR count). The van der Waals surface area contributed by atoms with Crippen LogP contribution >= 0.6 is 0 Å². The highest BCUT2D eigenvalue weighted by molar-refractivity contribution is 6.04. The van der Waals surface area contributed by atoms with Gasteiger partial charge in [0.1, 0.15) is 11.6 Å². The summed E-state index contributed by atoms with van der Waals surface area (Å²) in [7, 11) is 1.56. The van der Waals surface area contributed by atoms with Gasteiger partial charge in [-0.3, -0.25) is 19.4 Å². The molecule has 152 valence electrons. The molecule has 0 aliphatic carbocycles. The Morgan fingerprint density at radius 3 is 2.59 bits per heavy atom. The average Bonchev–Trinajstić information content (AvgIpc) is 2.74. The SMILES string of the molecule is COc1ccc(NC(=O)[C@H]2CC(=O)Nc3nc(N4CCCCC4)[nH]c(=O)c32)cc1. The lowest BCUT2D eigenvalue weighted by molar-refractivity contribution is -0.123. The van der Waals surface area contributed by atoms with Gasteiger partial charge in [-0.05, 0) is 43.5 Å². The molecule has 9 nitrogen and oxygen atoms in total. The lowest BCUT2D eigenvalue weighted by Crippen LogP contribution is -2.38. The van der Waals surface area contributed by atoms with Crippen LogP contribution in [0.1, 0.15) is 37.2 Å². The van der Waals surface area contributed by atoms with Gasteiger partial charge in [-0.2, -0.15) is 4.98 Å². The summed E-state index contributed by atoms with van der Waals surface area (Å²) in [5, 5.41) is 5.41. The molecule has 1 saturated heterocycles. The number of methoxy groups -OCH3 is 1. The number of aromatic amines is 1. The molecular formula is C20H23N5O4. The average molecular weight is 397 g/mol. The molecular weight excluding hydrogens is 374 g/mol. The fourth-order valence-electron chi connectivity index (χ4n) is 3.74. The predicted octanol–water partition coefficient (Wildman–Crippen LogP) is 1.83. The fourth-order valence-corrected chi connectivity index (χ4v) is 3.74. The van der Waals surface area contributed by atoms with E-state index in [1.807, 2.05) is 4.90 Å². The Kier molecular flexibility index (Phi) is 5.20. The largest absolute Gasteiger partial charge is 0.497 e. The van der Waals surface area contributed by atoms with Gasteiger partial charge < -0.3 is 20.3 Å². The first-order valence-electron chi connectivity index (χ1n) is 9.69. The van der Waals surface area contributed by atoms with Gasteiger partial charge >= 0.3 is 0 Å². The number of ether oxygens (including phenoxy) is 1. The van der Waals surface area contributed by atoms with E-state index in [0.717, 1.165) is 32.4 Å². The number of carbonyl (C=O) groups excluding carboxylic acids is 2. The second-order valence-corrected chi connectivity index (χ2v) is 7.22. The number of hydrogen-bond donors (Lipinski definition) is 3. The molecule has 2 aromatic rings. The highest BCUT2D eigenvalue weighted by Gasteiger charge is 2.35. The molecule has 1 aromatic heterocycles. The molecule has 3 N–H and O–H groups in total. The number of carbonyl (C=O) groups is 2. The number of benzene rings is 1. The number of nitrogens with zero attached hydrogens (tertiary/aromatic N) is 2. The van der Waals surface area contributed by atoms with Gasteiger partial charge in [0.15, 0.2) is 0 Å². The topological polar surface area (TPSA) is 116 Å². The molecule has 0 spiro atoms. The summed E-state index contributed by atoms with van der Waals surface area (Å²) in [4.78, 5) is 47.1. The van der Waals surface area contributed by atoms with Crippen LogP contribution < -0.4 is 25.8 Å². The molecule has 29 heavy (non-hydrogen) atoms. The third-order valence-electron chi connectivity index (χ3n) is 5.27. The summed E-state index contributed by atoms with van der Waals surface area (Å²) in [6.07, 6.45) is 3.10. The van der Waals surface area contributed by atoms with Gasteiger partial charge in [0.2, 0.25) is 17.8 Å². The lowest BCUT2D eigenvalue weighted by atomic mass is 9.92. The maximum atomic E-state index is 12.9. The third kappa shape index (κ3) is 3.94. The quantitative estimate of drug-likeness (QED) is 0.725. The Morgan fingerprint density at radius 1 is 1.17 bits per heavy atom. The molecule has 0 unspecified atom stereocenters. The number of H-pyrrole nitrogens is 1. The Balaban J connectivity index is 1.61. The minimum atomic E-state index is -0.910. The molecule has 0 bridgehead atoms. The Labute approximate surface area is 167 Å². The van der Waals surface area contributed by atoms with Crippen LogP contribution in [0.3, 0.4) is 0 Å². The van der Waals surface area contributed by atoms with Crippen LogP contribution in [0.5, 0.6) is 5.75 Å². The van der Waals surface area contributed by atoms with Crippen LogP contribution in [0.25, 0.3) is 0 Å². The molecule has 3 heterocycles.